The molecule has 0 bridgehead atoms. The minimum absolute atomic E-state index is 0. The van der Waals surface area contributed by atoms with Crippen LogP contribution in [0.2, 0.25) is 0 Å². The molecule has 2 aromatic rings. The Morgan fingerprint density at radius 3 is 2.91 bits per heavy atom. The summed E-state index contributed by atoms with van der Waals surface area (Å²) in [5.41, 5.74) is 2.24. The number of rotatable bonds is 0. The first kappa shape index (κ1) is 8.08. The highest BCUT2D eigenvalue weighted by atomic mass is 35.5. The van der Waals surface area contributed by atoms with Crippen LogP contribution in [-0.4, -0.2) is 9.55 Å². The maximum absolute atomic E-state index is 4.18. The Morgan fingerprint density at radius 1 is 1.36 bits per heavy atom. The van der Waals surface area contributed by atoms with Gasteiger partial charge in [0.05, 0.1) is 11.0 Å². The van der Waals surface area contributed by atoms with Crippen molar-refractivity contribution in [3.05, 3.63) is 30.6 Å². The topological polar surface area (TPSA) is 17.8 Å². The van der Waals surface area contributed by atoms with Crippen LogP contribution < -0.4 is 0 Å². The quantitative estimate of drug-likeness (QED) is 0.589. The highest BCUT2D eigenvalue weighted by Gasteiger charge is 1.93. The number of hydrogen-bond acceptors (Lipinski definition) is 1. The lowest BCUT2D eigenvalue weighted by Crippen LogP contribution is -1.82. The van der Waals surface area contributed by atoms with E-state index in [0.717, 1.165) is 5.52 Å². The number of halogens is 1. The van der Waals surface area contributed by atoms with Gasteiger partial charge in [-0.2, -0.15) is 0 Å². The molecule has 0 atom stereocenters. The second-order valence-corrected chi connectivity index (χ2v) is 2.33. The molecular formula is C8H9ClN2. The molecule has 0 aliphatic rings. The van der Waals surface area contributed by atoms with E-state index in [0.29, 0.717) is 0 Å². The second kappa shape index (κ2) is 2.93. The Kier molecular flexibility index (Phi) is 2.15. The molecule has 0 amide bonds. The molecule has 2 nitrogen and oxygen atoms in total. The molecule has 0 N–H and O–H groups in total. The molecule has 2 rings (SSSR count). The second-order valence-electron chi connectivity index (χ2n) is 2.33. The zero-order chi connectivity index (χ0) is 6.97. The Hall–Kier alpha value is -1.02. The van der Waals surface area contributed by atoms with E-state index < -0.39 is 0 Å². The van der Waals surface area contributed by atoms with Crippen LogP contribution in [0.15, 0.2) is 30.6 Å². The van der Waals surface area contributed by atoms with Gasteiger partial charge in [-0.3, -0.25) is 4.98 Å². The van der Waals surface area contributed by atoms with Gasteiger partial charge in [-0.1, -0.05) is 0 Å². The molecular weight excluding hydrogens is 160 g/mol. The van der Waals surface area contributed by atoms with Crippen molar-refractivity contribution in [3.63, 3.8) is 0 Å². The number of pyridine rings is 1. The largest absolute Gasteiger partial charge is 0.349 e. The number of aromatic nitrogens is 2. The summed E-state index contributed by atoms with van der Waals surface area (Å²) in [6.45, 7) is 0. The summed E-state index contributed by atoms with van der Waals surface area (Å²) in [5.74, 6) is 0. The molecule has 2 aromatic heterocycles. The smallest absolute Gasteiger partial charge is 0.0880 e. The van der Waals surface area contributed by atoms with Gasteiger partial charge >= 0.3 is 0 Å². The fourth-order valence-corrected chi connectivity index (χ4v) is 1.10. The molecule has 0 spiro atoms. The van der Waals surface area contributed by atoms with Gasteiger partial charge < -0.3 is 4.57 Å². The molecule has 11 heavy (non-hydrogen) atoms. The Morgan fingerprint density at radius 2 is 2.18 bits per heavy atom. The molecule has 0 saturated heterocycles. The third-order valence-corrected chi connectivity index (χ3v) is 1.65. The summed E-state index contributed by atoms with van der Waals surface area (Å²) in [4.78, 5) is 4.18. The van der Waals surface area contributed by atoms with Crippen molar-refractivity contribution in [2.75, 3.05) is 0 Å². The summed E-state index contributed by atoms with van der Waals surface area (Å²) in [6.07, 6.45) is 3.82. The van der Waals surface area contributed by atoms with Gasteiger partial charge in [-0.05, 0) is 18.2 Å². The molecule has 0 aromatic carbocycles. The van der Waals surface area contributed by atoms with Gasteiger partial charge in [0.15, 0.2) is 0 Å². The lowest BCUT2D eigenvalue weighted by Gasteiger charge is -1.91. The van der Waals surface area contributed by atoms with Gasteiger partial charge in [0.1, 0.15) is 0 Å². The minimum atomic E-state index is 0. The van der Waals surface area contributed by atoms with E-state index in [1.54, 1.807) is 0 Å². The van der Waals surface area contributed by atoms with E-state index in [2.05, 4.69) is 15.6 Å². The number of fused-ring (bicyclic) bond motifs is 1. The lowest BCUT2D eigenvalue weighted by atomic mass is 10.4. The van der Waals surface area contributed by atoms with Crippen LogP contribution in [-0.2, 0) is 7.05 Å². The summed E-state index contributed by atoms with van der Waals surface area (Å²) in [6, 6.07) is 6.01. The highest BCUT2D eigenvalue weighted by molar-refractivity contribution is 5.85. The van der Waals surface area contributed by atoms with E-state index in [4.69, 9.17) is 0 Å². The maximum Gasteiger partial charge on any atom is 0.0880 e. The maximum atomic E-state index is 4.18. The Balaban J connectivity index is 0.000000605. The van der Waals surface area contributed by atoms with Crippen molar-refractivity contribution in [1.29, 1.82) is 0 Å². The summed E-state index contributed by atoms with van der Waals surface area (Å²) < 4.78 is 2.06. The Labute approximate surface area is 71.3 Å². The standard InChI is InChI=1S/C8H8N2.ClH/c1-10-6-4-7-8(10)3-2-5-9-7;/h2-6H,1H3;1H. The molecule has 0 aliphatic carbocycles. The van der Waals surface area contributed by atoms with Crippen molar-refractivity contribution in [2.24, 2.45) is 7.05 Å². The molecule has 0 radical (unpaired) electrons. The Bertz CT molecular complexity index is 354. The highest BCUT2D eigenvalue weighted by Crippen LogP contribution is 2.09. The number of aryl methyl sites for hydroxylation is 1. The summed E-state index contributed by atoms with van der Waals surface area (Å²) in [7, 11) is 2.02. The van der Waals surface area contributed by atoms with Crippen molar-refractivity contribution >= 4 is 23.4 Å². The molecule has 0 aliphatic heterocycles. The number of nitrogens with zero attached hydrogens (tertiary/aromatic N) is 2. The van der Waals surface area contributed by atoms with E-state index >= 15 is 0 Å². The van der Waals surface area contributed by atoms with E-state index in [1.165, 1.54) is 5.52 Å². The minimum Gasteiger partial charge on any atom is -0.349 e. The van der Waals surface area contributed by atoms with Crippen molar-refractivity contribution in [2.45, 2.75) is 0 Å². The van der Waals surface area contributed by atoms with Crippen LogP contribution in [0.25, 0.3) is 11.0 Å². The first-order chi connectivity index (χ1) is 4.88. The zero-order valence-electron chi connectivity index (χ0n) is 6.19. The van der Waals surface area contributed by atoms with Gasteiger partial charge in [0.2, 0.25) is 0 Å². The van der Waals surface area contributed by atoms with Crippen LogP contribution >= 0.6 is 12.4 Å². The van der Waals surface area contributed by atoms with Gasteiger partial charge in [-0.25, -0.2) is 0 Å². The van der Waals surface area contributed by atoms with Crippen LogP contribution in [0.1, 0.15) is 0 Å². The molecule has 2 heterocycles. The van der Waals surface area contributed by atoms with E-state index in [1.807, 2.05) is 31.6 Å². The third-order valence-electron chi connectivity index (χ3n) is 1.65. The fourth-order valence-electron chi connectivity index (χ4n) is 1.10. The van der Waals surface area contributed by atoms with Crippen LogP contribution in [0.3, 0.4) is 0 Å². The summed E-state index contributed by atoms with van der Waals surface area (Å²) in [5, 5.41) is 0. The fraction of sp³-hybridized carbons (Fsp3) is 0.125. The van der Waals surface area contributed by atoms with Gasteiger partial charge in [0.25, 0.3) is 0 Å². The lowest BCUT2D eigenvalue weighted by molar-refractivity contribution is 0.968. The van der Waals surface area contributed by atoms with Crippen molar-refractivity contribution in [1.82, 2.24) is 9.55 Å². The van der Waals surface area contributed by atoms with Crippen molar-refractivity contribution < 1.29 is 0 Å². The zero-order valence-corrected chi connectivity index (χ0v) is 7.01. The molecule has 0 fully saturated rings. The third kappa shape index (κ3) is 1.21. The summed E-state index contributed by atoms with van der Waals surface area (Å²) >= 11 is 0. The first-order valence-corrected chi connectivity index (χ1v) is 3.24. The normalized spacial score (nSPS) is 9.55. The average molecular weight is 169 g/mol. The average Bonchev–Trinajstić information content (AvgIpc) is 2.34. The molecule has 0 unspecified atom stereocenters. The van der Waals surface area contributed by atoms with Crippen LogP contribution in [0, 0.1) is 0 Å². The molecule has 3 heteroatoms. The van der Waals surface area contributed by atoms with Gasteiger partial charge in [0, 0.05) is 19.4 Å². The SMILES string of the molecule is Cl.Cn1ccc2ncccc21. The predicted molar refractivity (Wildman–Crippen MR) is 48.0 cm³/mol. The monoisotopic (exact) mass is 168 g/mol. The van der Waals surface area contributed by atoms with E-state index in [9.17, 15) is 0 Å². The first-order valence-electron chi connectivity index (χ1n) is 3.24. The van der Waals surface area contributed by atoms with Gasteiger partial charge in [-0.15, -0.1) is 12.4 Å². The predicted octanol–water partition coefficient (Wildman–Crippen LogP) is 2.00. The van der Waals surface area contributed by atoms with E-state index in [-0.39, 0.29) is 12.4 Å². The van der Waals surface area contributed by atoms with Crippen LogP contribution in [0.4, 0.5) is 0 Å². The molecule has 58 valence electrons. The number of hydrogen-bond donors (Lipinski definition) is 0. The molecule has 0 saturated carbocycles. The van der Waals surface area contributed by atoms with Crippen LogP contribution in [0.5, 0.6) is 0 Å². The van der Waals surface area contributed by atoms with Crippen molar-refractivity contribution in [3.8, 4) is 0 Å².